The van der Waals surface area contributed by atoms with Gasteiger partial charge in [0.2, 0.25) is 0 Å². The van der Waals surface area contributed by atoms with Crippen LogP contribution >= 0.6 is 11.6 Å². The van der Waals surface area contributed by atoms with E-state index >= 15 is 0 Å². The first kappa shape index (κ1) is 19.6. The molecule has 0 spiro atoms. The van der Waals surface area contributed by atoms with Crippen molar-refractivity contribution in [3.8, 4) is 5.69 Å². The Morgan fingerprint density at radius 3 is 2.74 bits per heavy atom. The first-order valence-corrected chi connectivity index (χ1v) is 8.97. The van der Waals surface area contributed by atoms with Crippen LogP contribution in [0.1, 0.15) is 17.2 Å². The molecule has 0 saturated heterocycles. The van der Waals surface area contributed by atoms with Crippen molar-refractivity contribution in [3.63, 3.8) is 0 Å². The van der Waals surface area contributed by atoms with Crippen LogP contribution in [0.3, 0.4) is 0 Å². The first-order chi connectivity index (χ1) is 12.6. The molecule has 12 heteroatoms. The van der Waals surface area contributed by atoms with Gasteiger partial charge in [-0.25, -0.2) is 4.21 Å². The van der Waals surface area contributed by atoms with Crippen LogP contribution in [0.2, 0.25) is 5.02 Å². The van der Waals surface area contributed by atoms with Crippen molar-refractivity contribution in [1.82, 2.24) is 9.78 Å². The topological polar surface area (TPSA) is 91.7 Å². The fourth-order valence-corrected chi connectivity index (χ4v) is 4.06. The quantitative estimate of drug-likeness (QED) is 0.664. The van der Waals surface area contributed by atoms with E-state index in [-0.39, 0.29) is 16.5 Å². The van der Waals surface area contributed by atoms with Gasteiger partial charge in [0.1, 0.15) is 16.7 Å². The summed E-state index contributed by atoms with van der Waals surface area (Å²) in [5.41, 5.74) is -3.90. The molecule has 27 heavy (non-hydrogen) atoms. The molecule has 3 N–H and O–H groups in total. The number of fused-ring (bicyclic) bond motifs is 3. The molecule has 1 aliphatic heterocycles. The van der Waals surface area contributed by atoms with Gasteiger partial charge in [-0.1, -0.05) is 24.2 Å². The van der Waals surface area contributed by atoms with E-state index in [1.165, 1.54) is 6.07 Å². The number of nitrogens with one attached hydrogen (secondary N) is 1. The van der Waals surface area contributed by atoms with Gasteiger partial charge in [-0.15, -0.1) is 4.68 Å². The van der Waals surface area contributed by atoms with Crippen molar-refractivity contribution in [3.05, 3.63) is 39.7 Å². The van der Waals surface area contributed by atoms with Crippen LogP contribution in [-0.2, 0) is 10.8 Å². The molecule has 0 amide bonds. The van der Waals surface area contributed by atoms with E-state index in [4.69, 9.17) is 18.2 Å². The molecule has 1 aromatic heterocycles. The highest BCUT2D eigenvalue weighted by Gasteiger charge is 2.45. The van der Waals surface area contributed by atoms with Crippen LogP contribution in [0.4, 0.5) is 24.8 Å². The molecular weight excluding hydrogens is 409 g/mol. The Balaban J connectivity index is 2.34. The second kappa shape index (κ2) is 6.79. The summed E-state index contributed by atoms with van der Waals surface area (Å²) in [7, 11) is -3.54. The number of aliphatic hydroxyl groups excluding tert-OH is 2. The van der Waals surface area contributed by atoms with E-state index in [1.54, 1.807) is 13.0 Å². The lowest BCUT2D eigenvalue weighted by Crippen LogP contribution is -2.34. The van der Waals surface area contributed by atoms with Crippen molar-refractivity contribution in [2.75, 3.05) is 11.9 Å². The average molecular weight is 421 g/mol. The van der Waals surface area contributed by atoms with Gasteiger partial charge in [-0.3, -0.25) is 0 Å². The Morgan fingerprint density at radius 2 is 2.19 bits per heavy atom. The van der Waals surface area contributed by atoms with Gasteiger partial charge in [0.05, 0.1) is 17.7 Å². The zero-order valence-electron chi connectivity index (χ0n) is 13.6. The van der Waals surface area contributed by atoms with Crippen molar-refractivity contribution in [2.24, 2.45) is 0 Å². The van der Waals surface area contributed by atoms with Crippen molar-refractivity contribution in [1.29, 1.82) is 0 Å². The highest BCUT2D eigenvalue weighted by molar-refractivity contribution is 7.86. The zero-order chi connectivity index (χ0) is 20.1. The van der Waals surface area contributed by atoms with E-state index in [9.17, 15) is 27.6 Å². The predicted molar refractivity (Wildman–Crippen MR) is 91.5 cm³/mol. The molecule has 3 unspecified atom stereocenters. The SMILES string of the molecule is [C-]#[N+]c1nn2c(c1S(=O)C(F)(F)F)NC(C(O)CO)c1cc(C)cc(Cl)c1-2. The maximum Gasteiger partial charge on any atom is 0.474 e. The molecule has 3 atom stereocenters. The highest BCUT2D eigenvalue weighted by Crippen LogP contribution is 2.45. The molecule has 0 fully saturated rings. The number of nitrogens with zero attached hydrogens (tertiary/aromatic N) is 3. The van der Waals surface area contributed by atoms with E-state index in [0.29, 0.717) is 11.1 Å². The second-order valence-electron chi connectivity index (χ2n) is 5.80. The minimum absolute atomic E-state index is 0.117. The number of hydrogen-bond donors (Lipinski definition) is 3. The molecule has 1 aliphatic rings. The third kappa shape index (κ3) is 3.19. The molecule has 2 heterocycles. The largest absolute Gasteiger partial charge is 0.474 e. The second-order valence-corrected chi connectivity index (χ2v) is 7.61. The summed E-state index contributed by atoms with van der Waals surface area (Å²) < 4.78 is 52.2. The normalized spacial score (nSPS) is 18.1. The van der Waals surface area contributed by atoms with Crippen LogP contribution in [0.5, 0.6) is 0 Å². The Morgan fingerprint density at radius 1 is 1.52 bits per heavy atom. The Kier molecular flexibility index (Phi) is 4.94. The number of hydrogen-bond acceptors (Lipinski definition) is 5. The van der Waals surface area contributed by atoms with Crippen LogP contribution in [0.25, 0.3) is 10.5 Å². The molecule has 3 rings (SSSR count). The minimum Gasteiger partial charge on any atom is -0.394 e. The maximum absolute atomic E-state index is 13.1. The standard InChI is InChI=1S/C15H12ClF3N4O3S/c1-6-3-7-10(9(25)5-24)21-14-12(27(26)15(17,18)19)13(20-2)22-23(14)11(7)8(16)4-6/h3-4,9-10,21,24-25H,5H2,1H3. The predicted octanol–water partition coefficient (Wildman–Crippen LogP) is 2.83. The summed E-state index contributed by atoms with van der Waals surface area (Å²) in [6, 6.07) is 2.12. The zero-order valence-corrected chi connectivity index (χ0v) is 15.2. The molecule has 0 saturated carbocycles. The summed E-state index contributed by atoms with van der Waals surface area (Å²) >= 11 is 6.25. The van der Waals surface area contributed by atoms with Gasteiger partial charge < -0.3 is 20.4 Å². The van der Waals surface area contributed by atoms with Crippen LogP contribution in [-0.4, -0.2) is 42.4 Å². The van der Waals surface area contributed by atoms with E-state index < -0.39 is 45.8 Å². The number of aromatic nitrogens is 2. The minimum atomic E-state index is -5.12. The van der Waals surface area contributed by atoms with E-state index in [0.717, 1.165) is 4.68 Å². The van der Waals surface area contributed by atoms with E-state index in [2.05, 4.69) is 15.3 Å². The van der Waals surface area contributed by atoms with Gasteiger partial charge >= 0.3 is 11.3 Å². The molecular formula is C15H12ClF3N4O3S. The number of benzene rings is 1. The Hall–Kier alpha value is -2.13. The van der Waals surface area contributed by atoms with E-state index in [1.807, 2.05) is 0 Å². The lowest BCUT2D eigenvalue weighted by Gasteiger charge is -2.31. The third-order valence-electron chi connectivity index (χ3n) is 3.97. The lowest BCUT2D eigenvalue weighted by molar-refractivity contribution is -0.0384. The van der Waals surface area contributed by atoms with Crippen LogP contribution in [0, 0.1) is 13.5 Å². The Labute approximate surface area is 158 Å². The number of alkyl halides is 3. The molecule has 7 nitrogen and oxygen atoms in total. The number of anilines is 1. The number of halogens is 4. The fourth-order valence-electron chi connectivity index (χ4n) is 2.90. The smallest absolute Gasteiger partial charge is 0.394 e. The summed E-state index contributed by atoms with van der Waals surface area (Å²) in [5, 5.41) is 26.1. The van der Waals surface area contributed by atoms with Gasteiger partial charge in [-0.2, -0.15) is 13.2 Å². The highest BCUT2D eigenvalue weighted by atomic mass is 35.5. The molecule has 1 aromatic carbocycles. The first-order valence-electron chi connectivity index (χ1n) is 7.45. The van der Waals surface area contributed by atoms with Crippen molar-refractivity contribution in [2.45, 2.75) is 29.5 Å². The molecule has 2 aromatic rings. The number of aliphatic hydroxyl groups is 2. The van der Waals surface area contributed by atoms with Gasteiger partial charge in [0.15, 0.2) is 16.6 Å². The Bertz CT molecular complexity index is 986. The van der Waals surface area contributed by atoms with Gasteiger partial charge in [0, 0.05) is 5.56 Å². The van der Waals surface area contributed by atoms with Gasteiger partial charge in [-0.05, 0) is 23.7 Å². The molecule has 0 bridgehead atoms. The fraction of sp³-hybridized carbons (Fsp3) is 0.333. The lowest BCUT2D eigenvalue weighted by atomic mass is 9.96. The molecule has 0 radical (unpaired) electrons. The van der Waals surface area contributed by atoms with Crippen LogP contribution < -0.4 is 5.32 Å². The summed E-state index contributed by atoms with van der Waals surface area (Å²) in [5.74, 6) is -1.07. The summed E-state index contributed by atoms with van der Waals surface area (Å²) in [6.45, 7) is 8.14. The summed E-state index contributed by atoms with van der Waals surface area (Å²) in [4.78, 5) is 2.10. The number of rotatable bonds is 3. The maximum atomic E-state index is 13.1. The van der Waals surface area contributed by atoms with Crippen LogP contribution in [0.15, 0.2) is 17.0 Å². The number of aryl methyl sites for hydroxylation is 1. The van der Waals surface area contributed by atoms with Crippen molar-refractivity contribution < 1.29 is 27.6 Å². The monoisotopic (exact) mass is 420 g/mol. The average Bonchev–Trinajstić information content (AvgIpc) is 2.96. The third-order valence-corrected chi connectivity index (χ3v) is 5.43. The molecule has 0 aliphatic carbocycles. The molecule has 144 valence electrons. The van der Waals surface area contributed by atoms with Gasteiger partial charge in [0.25, 0.3) is 0 Å². The summed E-state index contributed by atoms with van der Waals surface area (Å²) in [6.07, 6.45) is -1.39. The van der Waals surface area contributed by atoms with Crippen molar-refractivity contribution >= 4 is 34.0 Å².